The number of hydrogen-bond donors (Lipinski definition) is 0. The Morgan fingerprint density at radius 2 is 1.61 bits per heavy atom. The topological polar surface area (TPSA) is 63.7 Å². The highest BCUT2D eigenvalue weighted by Crippen LogP contribution is 2.68. The van der Waals surface area contributed by atoms with Crippen LogP contribution in [0.3, 0.4) is 0 Å². The highest BCUT2D eigenvalue weighted by Gasteiger charge is 2.68. The number of ether oxygens (including phenoxy) is 1. The molecule has 5 nitrogen and oxygen atoms in total. The Morgan fingerprint density at radius 1 is 0.974 bits per heavy atom. The van der Waals surface area contributed by atoms with Gasteiger partial charge >= 0.3 is 6.09 Å². The first-order valence-electron chi connectivity index (χ1n) is 15.5. The van der Waals surface area contributed by atoms with Crippen molar-refractivity contribution < 1.29 is 19.1 Å². The third kappa shape index (κ3) is 4.81. The number of unbranched alkanes of at least 4 members (excludes halogenated alkanes) is 4. The second-order valence-electron chi connectivity index (χ2n) is 13.2. The molecule has 212 valence electrons. The molecule has 0 saturated heterocycles. The molecule has 4 aliphatic carbocycles. The zero-order chi connectivity index (χ0) is 27.7. The number of ketones is 2. The number of carbonyl (C=O) groups excluding carboxylic acids is 3. The van der Waals surface area contributed by atoms with Crippen LogP contribution in [-0.2, 0) is 14.3 Å². The Bertz CT molecular complexity index is 987. The van der Waals surface area contributed by atoms with E-state index >= 15 is 0 Å². The molecule has 1 amide bonds. The van der Waals surface area contributed by atoms with Gasteiger partial charge in [-0.2, -0.15) is 0 Å². The van der Waals surface area contributed by atoms with E-state index in [4.69, 9.17) is 4.74 Å². The summed E-state index contributed by atoms with van der Waals surface area (Å²) >= 11 is 0. The number of hydrogen-bond acceptors (Lipinski definition) is 4. The first-order chi connectivity index (χ1) is 18.0. The number of fused-ring (bicyclic) bond motifs is 5. The molecule has 0 heterocycles. The molecule has 0 aromatic carbocycles. The van der Waals surface area contributed by atoms with E-state index in [9.17, 15) is 14.4 Å². The summed E-state index contributed by atoms with van der Waals surface area (Å²) in [4.78, 5) is 41.5. The number of rotatable bonds is 10. The first kappa shape index (κ1) is 29.1. The number of Topliss-reactive ketones (excluding diaryl/α,β-unsaturated/α-hetero) is 1. The van der Waals surface area contributed by atoms with Crippen LogP contribution in [0.1, 0.15) is 119 Å². The average molecular weight is 526 g/mol. The lowest BCUT2D eigenvalue weighted by molar-refractivity contribution is -0.161. The quantitative estimate of drug-likeness (QED) is 0.273. The zero-order valence-electron chi connectivity index (χ0n) is 24.9. The van der Waals surface area contributed by atoms with Crippen LogP contribution in [-0.4, -0.2) is 41.3 Å². The summed E-state index contributed by atoms with van der Waals surface area (Å²) in [6.07, 6.45) is 15.6. The molecule has 3 unspecified atom stereocenters. The fourth-order valence-corrected chi connectivity index (χ4v) is 8.91. The van der Waals surface area contributed by atoms with Gasteiger partial charge in [0.25, 0.3) is 0 Å². The number of carbonyl (C=O) groups is 3. The molecule has 3 fully saturated rings. The standard InChI is InChI=1S/C33H51NO4/c1-7-9-11-19-34(20-12-10-8-2)30(37)38-33(24(4)35)18-16-28-26-14-13-25-21-29(36)23(3)22-31(25,5)27(26)15-17-32(28,33)6/h21-22,26-28H,7-20H2,1-6H3/t26?,27?,28?,31-,32-,33+/m0/s1. The Balaban J connectivity index is 1.58. The van der Waals surface area contributed by atoms with Crippen molar-refractivity contribution in [3.8, 4) is 0 Å². The van der Waals surface area contributed by atoms with Crippen LogP contribution < -0.4 is 0 Å². The van der Waals surface area contributed by atoms with Gasteiger partial charge in [-0.1, -0.05) is 65.0 Å². The van der Waals surface area contributed by atoms with E-state index < -0.39 is 5.60 Å². The lowest BCUT2D eigenvalue weighted by Gasteiger charge is -2.58. The minimum atomic E-state index is -1.04. The minimum Gasteiger partial charge on any atom is -0.434 e. The van der Waals surface area contributed by atoms with Crippen LogP contribution in [0.4, 0.5) is 4.79 Å². The van der Waals surface area contributed by atoms with Gasteiger partial charge in [0.15, 0.2) is 17.2 Å². The van der Waals surface area contributed by atoms with Crippen LogP contribution in [0.15, 0.2) is 23.3 Å². The van der Waals surface area contributed by atoms with Gasteiger partial charge in [0.2, 0.25) is 0 Å². The maximum Gasteiger partial charge on any atom is 0.410 e. The van der Waals surface area contributed by atoms with E-state index in [1.54, 1.807) is 6.92 Å². The SMILES string of the molecule is CCCCCN(CCCCC)C(=O)O[C@@]1(C(C)=O)CCC2C3CCC4=CC(=O)C(C)=C[C@]4(C)C3CC[C@@]21C. The van der Waals surface area contributed by atoms with Crippen molar-refractivity contribution >= 4 is 17.7 Å². The molecular formula is C33H51NO4. The molecule has 0 aromatic rings. The van der Waals surface area contributed by atoms with Crippen LogP contribution in [0.5, 0.6) is 0 Å². The van der Waals surface area contributed by atoms with Crippen LogP contribution in [0, 0.1) is 28.6 Å². The summed E-state index contributed by atoms with van der Waals surface area (Å²) in [6, 6.07) is 0. The van der Waals surface area contributed by atoms with Crippen LogP contribution >= 0.6 is 0 Å². The molecule has 0 aliphatic heterocycles. The summed E-state index contributed by atoms with van der Waals surface area (Å²) in [5, 5.41) is 0. The largest absolute Gasteiger partial charge is 0.434 e. The van der Waals surface area contributed by atoms with Crippen molar-refractivity contribution in [2.45, 2.75) is 124 Å². The lowest BCUT2D eigenvalue weighted by Crippen LogP contribution is -2.59. The monoisotopic (exact) mass is 525 g/mol. The van der Waals surface area contributed by atoms with Crippen molar-refractivity contribution in [1.29, 1.82) is 0 Å². The van der Waals surface area contributed by atoms with Crippen molar-refractivity contribution in [2.75, 3.05) is 13.1 Å². The number of allylic oxidation sites excluding steroid dienone is 4. The normalized spacial score (nSPS) is 35.9. The molecule has 0 spiro atoms. The molecule has 0 aromatic heterocycles. The molecule has 0 N–H and O–H groups in total. The Labute approximate surface area is 230 Å². The molecular weight excluding hydrogens is 474 g/mol. The predicted octanol–water partition coefficient (Wildman–Crippen LogP) is 7.83. The summed E-state index contributed by atoms with van der Waals surface area (Å²) in [5.41, 5.74) is 0.661. The second kappa shape index (κ2) is 11.3. The number of amides is 1. The average Bonchev–Trinajstić information content (AvgIpc) is 3.17. The van der Waals surface area contributed by atoms with Crippen molar-refractivity contribution in [3.05, 3.63) is 23.3 Å². The summed E-state index contributed by atoms with van der Waals surface area (Å²) in [6.45, 7) is 13.9. The van der Waals surface area contributed by atoms with E-state index in [0.717, 1.165) is 76.2 Å². The van der Waals surface area contributed by atoms with Crippen LogP contribution in [0.25, 0.3) is 0 Å². The van der Waals surface area contributed by atoms with Gasteiger partial charge in [-0.25, -0.2) is 4.79 Å². The highest BCUT2D eigenvalue weighted by atomic mass is 16.6. The zero-order valence-corrected chi connectivity index (χ0v) is 24.9. The van der Waals surface area contributed by atoms with Gasteiger partial charge in [-0.05, 0) is 94.6 Å². The van der Waals surface area contributed by atoms with Crippen molar-refractivity contribution in [1.82, 2.24) is 4.90 Å². The lowest BCUT2D eigenvalue weighted by atomic mass is 9.47. The fraction of sp³-hybridized carbons (Fsp3) is 0.788. The van der Waals surface area contributed by atoms with Crippen molar-refractivity contribution in [2.24, 2.45) is 28.6 Å². The fourth-order valence-electron chi connectivity index (χ4n) is 8.91. The van der Waals surface area contributed by atoms with Gasteiger partial charge in [0, 0.05) is 23.9 Å². The van der Waals surface area contributed by atoms with E-state index in [0.29, 0.717) is 37.3 Å². The summed E-state index contributed by atoms with van der Waals surface area (Å²) in [7, 11) is 0. The van der Waals surface area contributed by atoms with Gasteiger partial charge in [0.1, 0.15) is 0 Å². The van der Waals surface area contributed by atoms with Gasteiger partial charge in [-0.15, -0.1) is 0 Å². The van der Waals surface area contributed by atoms with Crippen molar-refractivity contribution in [3.63, 3.8) is 0 Å². The van der Waals surface area contributed by atoms with E-state index in [-0.39, 0.29) is 28.5 Å². The second-order valence-corrected chi connectivity index (χ2v) is 13.2. The van der Waals surface area contributed by atoms with E-state index in [1.807, 2.05) is 17.9 Å². The molecule has 5 heteroatoms. The van der Waals surface area contributed by atoms with Gasteiger partial charge < -0.3 is 9.64 Å². The molecule has 6 atom stereocenters. The molecule has 0 radical (unpaired) electrons. The molecule has 4 aliphatic rings. The third-order valence-electron chi connectivity index (χ3n) is 11.1. The van der Waals surface area contributed by atoms with Gasteiger partial charge in [-0.3, -0.25) is 9.59 Å². The van der Waals surface area contributed by atoms with E-state index in [1.165, 1.54) is 5.57 Å². The Kier molecular flexibility index (Phi) is 8.64. The van der Waals surface area contributed by atoms with Gasteiger partial charge in [0.05, 0.1) is 0 Å². The Morgan fingerprint density at radius 3 is 2.21 bits per heavy atom. The van der Waals surface area contributed by atoms with E-state index in [2.05, 4.69) is 33.8 Å². The smallest absolute Gasteiger partial charge is 0.410 e. The molecule has 3 saturated carbocycles. The maximum absolute atomic E-state index is 13.7. The minimum absolute atomic E-state index is 0.0120. The summed E-state index contributed by atoms with van der Waals surface area (Å²) in [5.74, 6) is 1.44. The third-order valence-corrected chi connectivity index (χ3v) is 11.1. The maximum atomic E-state index is 13.7. The number of nitrogens with zero attached hydrogens (tertiary/aromatic N) is 1. The summed E-state index contributed by atoms with van der Waals surface area (Å²) < 4.78 is 6.47. The van der Waals surface area contributed by atoms with Crippen LogP contribution in [0.2, 0.25) is 0 Å². The molecule has 0 bridgehead atoms. The molecule has 4 rings (SSSR count). The molecule has 38 heavy (non-hydrogen) atoms. The first-order valence-corrected chi connectivity index (χ1v) is 15.5. The Hall–Kier alpha value is -1.91. The predicted molar refractivity (Wildman–Crippen MR) is 152 cm³/mol. The highest BCUT2D eigenvalue weighted by molar-refractivity contribution is 6.05.